The zero-order valence-corrected chi connectivity index (χ0v) is 15.6. The van der Waals surface area contributed by atoms with Crippen LogP contribution in [-0.2, 0) is 0 Å². The zero-order chi connectivity index (χ0) is 17.8. The van der Waals surface area contributed by atoms with Crippen LogP contribution in [-0.4, -0.2) is 16.6 Å². The van der Waals surface area contributed by atoms with E-state index >= 15 is 0 Å². The summed E-state index contributed by atoms with van der Waals surface area (Å²) in [5.74, 6) is -0.238. The van der Waals surface area contributed by atoms with Crippen LogP contribution in [0.15, 0.2) is 47.6 Å². The summed E-state index contributed by atoms with van der Waals surface area (Å²) in [5, 5.41) is 5.17. The van der Waals surface area contributed by atoms with E-state index in [9.17, 15) is 4.79 Å². The molecule has 1 N–H and O–H groups in total. The number of fused-ring (bicyclic) bond motifs is 1. The lowest BCUT2D eigenvalue weighted by Gasteiger charge is -2.08. The molecule has 128 valence electrons. The second-order valence-electron chi connectivity index (χ2n) is 5.68. The number of amides is 1. The van der Waals surface area contributed by atoms with Crippen LogP contribution in [0.25, 0.3) is 10.9 Å². The lowest BCUT2D eigenvalue weighted by molar-refractivity contribution is 0.0956. The highest BCUT2D eigenvalue weighted by Crippen LogP contribution is 2.23. The van der Waals surface area contributed by atoms with Crippen LogP contribution in [0.2, 0.25) is 4.34 Å². The SMILES string of the molecule is CCC/C(=N\NC(=O)c1cc(C)nc2ccccc12)c1ccc(Cl)s1. The van der Waals surface area contributed by atoms with E-state index in [0.29, 0.717) is 9.90 Å². The molecule has 1 amide bonds. The molecular formula is C19H18ClN3OS. The van der Waals surface area contributed by atoms with Gasteiger partial charge >= 0.3 is 0 Å². The van der Waals surface area contributed by atoms with Gasteiger partial charge in [-0.2, -0.15) is 5.10 Å². The summed E-state index contributed by atoms with van der Waals surface area (Å²) in [6.07, 6.45) is 1.70. The number of pyridine rings is 1. The van der Waals surface area contributed by atoms with E-state index in [1.165, 1.54) is 11.3 Å². The largest absolute Gasteiger partial charge is 0.272 e. The normalized spacial score (nSPS) is 11.7. The van der Waals surface area contributed by atoms with Crippen molar-refractivity contribution in [3.05, 3.63) is 62.9 Å². The second-order valence-corrected chi connectivity index (χ2v) is 7.40. The van der Waals surface area contributed by atoms with Crippen LogP contribution in [0.5, 0.6) is 0 Å². The van der Waals surface area contributed by atoms with Crippen LogP contribution < -0.4 is 5.43 Å². The molecule has 3 rings (SSSR count). The molecule has 0 unspecified atom stereocenters. The average molecular weight is 372 g/mol. The average Bonchev–Trinajstić information content (AvgIpc) is 3.03. The highest BCUT2D eigenvalue weighted by Gasteiger charge is 2.12. The van der Waals surface area contributed by atoms with Gasteiger partial charge in [0.05, 0.1) is 26.0 Å². The Balaban J connectivity index is 1.91. The van der Waals surface area contributed by atoms with Gasteiger partial charge in [-0.05, 0) is 37.6 Å². The number of nitrogens with zero attached hydrogens (tertiary/aromatic N) is 2. The van der Waals surface area contributed by atoms with Crippen LogP contribution in [0.3, 0.4) is 0 Å². The van der Waals surface area contributed by atoms with Crippen LogP contribution in [0.1, 0.15) is 40.7 Å². The molecule has 0 fully saturated rings. The predicted octanol–water partition coefficient (Wildman–Crippen LogP) is 5.19. The molecule has 0 aliphatic rings. The number of carbonyl (C=O) groups excluding carboxylic acids is 1. The van der Waals surface area contributed by atoms with Gasteiger partial charge in [-0.3, -0.25) is 9.78 Å². The van der Waals surface area contributed by atoms with Gasteiger partial charge in [-0.1, -0.05) is 43.1 Å². The predicted molar refractivity (Wildman–Crippen MR) is 105 cm³/mol. The van der Waals surface area contributed by atoms with E-state index in [4.69, 9.17) is 11.6 Å². The van der Waals surface area contributed by atoms with Gasteiger partial charge in [0, 0.05) is 11.1 Å². The van der Waals surface area contributed by atoms with Crippen molar-refractivity contribution in [2.75, 3.05) is 0 Å². The van der Waals surface area contributed by atoms with E-state index in [1.807, 2.05) is 43.3 Å². The number of hydrogen-bond donors (Lipinski definition) is 1. The standard InChI is InChI=1S/C19H18ClN3OS/c1-3-6-16(17-9-10-18(20)25-17)22-23-19(24)14-11-12(2)21-15-8-5-4-7-13(14)15/h4-5,7-11H,3,6H2,1-2H3,(H,23,24)/b22-16+. The molecule has 0 saturated carbocycles. The van der Waals surface area contributed by atoms with Crippen LogP contribution in [0, 0.1) is 6.92 Å². The number of thiophene rings is 1. The molecule has 3 aromatic rings. The lowest BCUT2D eigenvalue weighted by Crippen LogP contribution is -2.20. The van der Waals surface area contributed by atoms with Crippen molar-refractivity contribution in [2.45, 2.75) is 26.7 Å². The van der Waals surface area contributed by atoms with E-state index in [2.05, 4.69) is 22.4 Å². The number of carbonyl (C=O) groups is 1. The topological polar surface area (TPSA) is 54.4 Å². The summed E-state index contributed by atoms with van der Waals surface area (Å²) in [4.78, 5) is 18.1. The third-order valence-electron chi connectivity index (χ3n) is 3.73. The van der Waals surface area contributed by atoms with Crippen LogP contribution in [0.4, 0.5) is 0 Å². The van der Waals surface area contributed by atoms with E-state index in [0.717, 1.165) is 40.0 Å². The number of para-hydroxylation sites is 1. The lowest BCUT2D eigenvalue weighted by atomic mass is 10.1. The van der Waals surface area contributed by atoms with Gasteiger partial charge in [0.25, 0.3) is 5.91 Å². The molecule has 0 aliphatic carbocycles. The number of benzene rings is 1. The molecule has 0 saturated heterocycles. The minimum Gasteiger partial charge on any atom is -0.267 e. The molecule has 25 heavy (non-hydrogen) atoms. The molecule has 0 atom stereocenters. The number of nitrogens with one attached hydrogen (secondary N) is 1. The number of hydrazone groups is 1. The van der Waals surface area contributed by atoms with Crippen molar-refractivity contribution in [1.82, 2.24) is 10.4 Å². The summed E-state index contributed by atoms with van der Waals surface area (Å²) < 4.78 is 0.709. The Bertz CT molecular complexity index is 949. The Kier molecular flexibility index (Phi) is 5.46. The second kappa shape index (κ2) is 7.76. The Hall–Kier alpha value is -2.24. The minimum absolute atomic E-state index is 0.238. The van der Waals surface area contributed by atoms with Crippen molar-refractivity contribution in [2.24, 2.45) is 5.10 Å². The minimum atomic E-state index is -0.238. The third-order valence-corrected chi connectivity index (χ3v) is 5.01. The Morgan fingerprint density at radius 3 is 2.80 bits per heavy atom. The third kappa shape index (κ3) is 4.06. The first-order chi connectivity index (χ1) is 12.1. The van der Waals surface area contributed by atoms with Crippen molar-refractivity contribution >= 4 is 45.5 Å². The van der Waals surface area contributed by atoms with Gasteiger partial charge in [-0.25, -0.2) is 5.43 Å². The van der Waals surface area contributed by atoms with Crippen molar-refractivity contribution in [1.29, 1.82) is 0 Å². The fourth-order valence-electron chi connectivity index (χ4n) is 2.61. The summed E-state index contributed by atoms with van der Waals surface area (Å²) in [6, 6.07) is 13.2. The Morgan fingerprint density at radius 1 is 1.28 bits per heavy atom. The van der Waals surface area contributed by atoms with Crippen molar-refractivity contribution < 1.29 is 4.79 Å². The molecule has 6 heteroatoms. The monoisotopic (exact) mass is 371 g/mol. The Labute approximate surface area is 155 Å². The Morgan fingerprint density at radius 2 is 2.08 bits per heavy atom. The van der Waals surface area contributed by atoms with Gasteiger partial charge in [0.15, 0.2) is 0 Å². The van der Waals surface area contributed by atoms with Crippen LogP contribution >= 0.6 is 22.9 Å². The maximum absolute atomic E-state index is 12.7. The maximum Gasteiger partial charge on any atom is 0.272 e. The first kappa shape index (κ1) is 17.6. The van der Waals surface area contributed by atoms with Crippen molar-refractivity contribution in [3.63, 3.8) is 0 Å². The van der Waals surface area contributed by atoms with Gasteiger partial charge in [-0.15, -0.1) is 11.3 Å². The molecule has 0 radical (unpaired) electrons. The summed E-state index contributed by atoms with van der Waals surface area (Å²) in [6.45, 7) is 3.95. The number of rotatable bonds is 5. The highest BCUT2D eigenvalue weighted by molar-refractivity contribution is 7.18. The maximum atomic E-state index is 12.7. The molecule has 0 bridgehead atoms. The smallest absolute Gasteiger partial charge is 0.267 e. The molecule has 0 aliphatic heterocycles. The number of aryl methyl sites for hydroxylation is 1. The zero-order valence-electron chi connectivity index (χ0n) is 14.0. The highest BCUT2D eigenvalue weighted by atomic mass is 35.5. The van der Waals surface area contributed by atoms with Gasteiger partial charge in [0.2, 0.25) is 0 Å². The molecular weight excluding hydrogens is 354 g/mol. The first-order valence-corrected chi connectivity index (χ1v) is 9.27. The summed E-state index contributed by atoms with van der Waals surface area (Å²) in [7, 11) is 0. The van der Waals surface area contributed by atoms with E-state index in [-0.39, 0.29) is 5.91 Å². The fourth-order valence-corrected chi connectivity index (χ4v) is 3.67. The quantitative estimate of drug-likeness (QED) is 0.495. The summed E-state index contributed by atoms with van der Waals surface area (Å²) >= 11 is 7.48. The fraction of sp³-hybridized carbons (Fsp3) is 0.211. The molecule has 1 aromatic carbocycles. The number of hydrogen-bond acceptors (Lipinski definition) is 4. The van der Waals surface area contributed by atoms with E-state index in [1.54, 1.807) is 6.07 Å². The van der Waals surface area contributed by atoms with Gasteiger partial charge < -0.3 is 0 Å². The number of halogens is 1. The summed E-state index contributed by atoms with van der Waals surface area (Å²) in [5.41, 5.74) is 5.71. The molecule has 2 heterocycles. The molecule has 0 spiro atoms. The molecule has 2 aromatic heterocycles. The van der Waals surface area contributed by atoms with Gasteiger partial charge in [0.1, 0.15) is 0 Å². The molecule has 4 nitrogen and oxygen atoms in total. The van der Waals surface area contributed by atoms with Crippen molar-refractivity contribution in [3.8, 4) is 0 Å². The van der Waals surface area contributed by atoms with E-state index < -0.39 is 0 Å². The number of aromatic nitrogens is 1. The first-order valence-electron chi connectivity index (χ1n) is 8.07.